The third-order valence-corrected chi connectivity index (χ3v) is 12.0. The summed E-state index contributed by atoms with van der Waals surface area (Å²) in [7, 11) is 4.25. The molecule has 1 aliphatic heterocycles. The Kier molecular flexibility index (Phi) is 36.8. The number of ether oxygens (including phenoxy) is 4. The van der Waals surface area contributed by atoms with Crippen LogP contribution in [-0.2, 0) is 28.5 Å². The molecule has 0 aromatic rings. The molecule has 0 aliphatic carbocycles. The highest BCUT2D eigenvalue weighted by Crippen LogP contribution is 2.36. The molecule has 1 fully saturated rings. The van der Waals surface area contributed by atoms with Crippen LogP contribution >= 0.6 is 0 Å². The lowest BCUT2D eigenvalue weighted by Crippen LogP contribution is -2.31. The highest BCUT2D eigenvalue weighted by molar-refractivity contribution is 5.69. The summed E-state index contributed by atoms with van der Waals surface area (Å²) in [4.78, 5) is 27.4. The van der Waals surface area contributed by atoms with Gasteiger partial charge in [-0.15, -0.1) is 0 Å². The minimum absolute atomic E-state index is 0.0102. The van der Waals surface area contributed by atoms with E-state index in [1.54, 1.807) is 0 Å². The molecular formula is C50H97NO6. The molecular weight excluding hydrogens is 711 g/mol. The van der Waals surface area contributed by atoms with Gasteiger partial charge in [-0.3, -0.25) is 9.59 Å². The van der Waals surface area contributed by atoms with Crippen LogP contribution in [0.15, 0.2) is 0 Å². The quantitative estimate of drug-likeness (QED) is 0.0449. The first-order chi connectivity index (χ1) is 27.8. The SMILES string of the molecule is CCCCCCCCCCCOC(=O)CCCCC[C@@]1(CCCCCCCC(=O)OC(CCCCCCCC)CCCCCCCC)OCC(CCCN(C)C)O1. The molecule has 0 saturated carbocycles. The fraction of sp³-hybridized carbons (Fsp3) is 0.960. The molecule has 0 amide bonds. The van der Waals surface area contributed by atoms with Gasteiger partial charge in [-0.05, 0) is 91.3 Å². The zero-order valence-electron chi connectivity index (χ0n) is 38.8. The van der Waals surface area contributed by atoms with Gasteiger partial charge >= 0.3 is 11.9 Å². The first-order valence-corrected chi connectivity index (χ1v) is 25.2. The maximum atomic E-state index is 12.9. The van der Waals surface area contributed by atoms with Crippen LogP contribution in [0.2, 0.25) is 0 Å². The van der Waals surface area contributed by atoms with E-state index in [1.165, 1.54) is 122 Å². The minimum Gasteiger partial charge on any atom is -0.466 e. The molecule has 1 saturated heterocycles. The number of hydrogen-bond acceptors (Lipinski definition) is 7. The van der Waals surface area contributed by atoms with Gasteiger partial charge in [-0.1, -0.05) is 162 Å². The predicted octanol–water partition coefficient (Wildman–Crippen LogP) is 14.6. The lowest BCUT2D eigenvalue weighted by molar-refractivity contribution is -0.180. The second-order valence-corrected chi connectivity index (χ2v) is 18.0. The highest BCUT2D eigenvalue weighted by atomic mass is 16.7. The number of nitrogens with zero attached hydrogens (tertiary/aromatic N) is 1. The van der Waals surface area contributed by atoms with Crippen LogP contribution in [0.5, 0.6) is 0 Å². The summed E-state index contributed by atoms with van der Waals surface area (Å²) in [5.74, 6) is -0.534. The van der Waals surface area contributed by atoms with Gasteiger partial charge in [0.15, 0.2) is 5.79 Å². The third kappa shape index (κ3) is 33.3. The molecule has 0 radical (unpaired) electrons. The molecule has 0 N–H and O–H groups in total. The molecule has 7 nitrogen and oxygen atoms in total. The molecule has 57 heavy (non-hydrogen) atoms. The van der Waals surface area contributed by atoms with Crippen LogP contribution in [-0.4, -0.2) is 68.7 Å². The van der Waals surface area contributed by atoms with E-state index >= 15 is 0 Å². The van der Waals surface area contributed by atoms with Gasteiger partial charge in [-0.25, -0.2) is 0 Å². The molecule has 0 spiro atoms. The Morgan fingerprint density at radius 1 is 0.561 bits per heavy atom. The van der Waals surface area contributed by atoms with Gasteiger partial charge in [0, 0.05) is 25.7 Å². The lowest BCUT2D eigenvalue weighted by atomic mass is 9.99. The van der Waals surface area contributed by atoms with Crippen LogP contribution in [0.1, 0.15) is 258 Å². The largest absolute Gasteiger partial charge is 0.466 e. The Morgan fingerprint density at radius 3 is 1.53 bits per heavy atom. The maximum Gasteiger partial charge on any atom is 0.306 e. The average Bonchev–Trinajstić information content (AvgIpc) is 3.59. The number of unbranched alkanes of at least 4 members (excludes halogenated alkanes) is 24. The van der Waals surface area contributed by atoms with Crippen molar-refractivity contribution < 1.29 is 28.5 Å². The van der Waals surface area contributed by atoms with Crippen molar-refractivity contribution >= 4 is 11.9 Å². The van der Waals surface area contributed by atoms with Gasteiger partial charge in [0.1, 0.15) is 6.10 Å². The van der Waals surface area contributed by atoms with Gasteiger partial charge in [0.25, 0.3) is 0 Å². The third-order valence-electron chi connectivity index (χ3n) is 12.0. The first kappa shape index (κ1) is 53.8. The van der Waals surface area contributed by atoms with Crippen molar-refractivity contribution in [2.75, 3.05) is 33.9 Å². The van der Waals surface area contributed by atoms with E-state index in [-0.39, 0.29) is 24.1 Å². The van der Waals surface area contributed by atoms with Gasteiger partial charge in [0.2, 0.25) is 0 Å². The normalized spacial score (nSPS) is 16.9. The van der Waals surface area contributed by atoms with E-state index in [9.17, 15) is 9.59 Å². The van der Waals surface area contributed by atoms with Crippen LogP contribution < -0.4 is 0 Å². The van der Waals surface area contributed by atoms with Crippen LogP contribution in [0.4, 0.5) is 0 Å². The van der Waals surface area contributed by atoms with Gasteiger partial charge in [-0.2, -0.15) is 0 Å². The molecule has 1 rings (SSSR count). The maximum absolute atomic E-state index is 12.9. The first-order valence-electron chi connectivity index (χ1n) is 25.2. The summed E-state index contributed by atoms with van der Waals surface area (Å²) >= 11 is 0. The summed E-state index contributed by atoms with van der Waals surface area (Å²) in [6, 6.07) is 0. The van der Waals surface area contributed by atoms with Crippen molar-refractivity contribution in [3.8, 4) is 0 Å². The molecule has 1 unspecified atom stereocenters. The van der Waals surface area contributed by atoms with E-state index in [4.69, 9.17) is 18.9 Å². The van der Waals surface area contributed by atoms with Crippen molar-refractivity contribution in [1.29, 1.82) is 0 Å². The van der Waals surface area contributed by atoms with Crippen molar-refractivity contribution in [2.24, 2.45) is 0 Å². The fourth-order valence-corrected chi connectivity index (χ4v) is 8.30. The number of hydrogen-bond donors (Lipinski definition) is 0. The summed E-state index contributed by atoms with van der Waals surface area (Å²) in [5.41, 5.74) is 0. The molecule has 0 aromatic carbocycles. The second-order valence-electron chi connectivity index (χ2n) is 18.0. The molecule has 0 bridgehead atoms. The summed E-state index contributed by atoms with van der Waals surface area (Å²) in [6.07, 6.45) is 42.2. The zero-order valence-corrected chi connectivity index (χ0v) is 38.8. The Bertz CT molecular complexity index is 882. The van der Waals surface area contributed by atoms with E-state index in [1.807, 2.05) is 0 Å². The summed E-state index contributed by atoms with van der Waals surface area (Å²) in [5, 5.41) is 0. The fourth-order valence-electron chi connectivity index (χ4n) is 8.30. The number of esters is 2. The number of carbonyl (C=O) groups excluding carboxylic acids is 2. The van der Waals surface area contributed by atoms with Crippen LogP contribution in [0.25, 0.3) is 0 Å². The molecule has 338 valence electrons. The van der Waals surface area contributed by atoms with Gasteiger partial charge in [0.05, 0.1) is 19.3 Å². The standard InChI is InChI=1S/C50H97NO6/c1-6-9-12-15-18-19-20-26-34-44-54-48(52)39-31-27-33-42-50(55-45-47(57-50)38-35-43-51(4)5)41-32-25-21-24-30-40-49(53)56-46(36-28-22-16-13-10-7-2)37-29-23-17-14-11-8-3/h46-47H,6-45H2,1-5H3/t47?,50-/m0/s1. The Hall–Kier alpha value is -1.18. The summed E-state index contributed by atoms with van der Waals surface area (Å²) in [6.45, 7) is 9.10. The number of carbonyl (C=O) groups is 2. The number of rotatable bonds is 43. The Labute approximate surface area is 354 Å². The highest BCUT2D eigenvalue weighted by Gasteiger charge is 2.40. The van der Waals surface area contributed by atoms with E-state index in [0.717, 1.165) is 109 Å². The molecule has 0 aromatic heterocycles. The van der Waals surface area contributed by atoms with Crippen molar-refractivity contribution in [3.05, 3.63) is 0 Å². The monoisotopic (exact) mass is 808 g/mol. The summed E-state index contributed by atoms with van der Waals surface area (Å²) < 4.78 is 24.8. The minimum atomic E-state index is -0.496. The van der Waals surface area contributed by atoms with Crippen LogP contribution in [0.3, 0.4) is 0 Å². The Morgan fingerprint density at radius 2 is 1.00 bits per heavy atom. The molecule has 2 atom stereocenters. The van der Waals surface area contributed by atoms with Crippen molar-refractivity contribution in [2.45, 2.75) is 276 Å². The van der Waals surface area contributed by atoms with E-state index in [0.29, 0.717) is 26.1 Å². The lowest BCUT2D eigenvalue weighted by Gasteiger charge is -2.28. The smallest absolute Gasteiger partial charge is 0.306 e. The molecule has 7 heteroatoms. The van der Waals surface area contributed by atoms with Crippen molar-refractivity contribution in [1.82, 2.24) is 4.90 Å². The predicted molar refractivity (Wildman–Crippen MR) is 241 cm³/mol. The second kappa shape index (κ2) is 39.0. The van der Waals surface area contributed by atoms with E-state index < -0.39 is 5.79 Å². The molecule has 1 aliphatic rings. The van der Waals surface area contributed by atoms with Crippen molar-refractivity contribution in [3.63, 3.8) is 0 Å². The van der Waals surface area contributed by atoms with E-state index in [2.05, 4.69) is 39.8 Å². The van der Waals surface area contributed by atoms with Gasteiger partial charge < -0.3 is 23.8 Å². The Balaban J connectivity index is 2.36. The average molecular weight is 808 g/mol. The molecule has 1 heterocycles. The van der Waals surface area contributed by atoms with Crippen LogP contribution in [0, 0.1) is 0 Å². The zero-order chi connectivity index (χ0) is 41.5. The topological polar surface area (TPSA) is 74.3 Å².